The van der Waals surface area contributed by atoms with E-state index < -0.39 is 6.10 Å². The average molecular weight is 280 g/mol. The first-order valence-corrected chi connectivity index (χ1v) is 6.99. The van der Waals surface area contributed by atoms with Crippen LogP contribution >= 0.6 is 12.2 Å². The van der Waals surface area contributed by atoms with Crippen molar-refractivity contribution < 1.29 is 9.84 Å². The molecule has 2 rings (SSSR count). The second kappa shape index (κ2) is 6.84. The molecular formula is C14H20N2O2S. The van der Waals surface area contributed by atoms with Gasteiger partial charge in [-0.15, -0.1) is 0 Å². The normalized spacial score (nSPS) is 17.3. The van der Waals surface area contributed by atoms with Crippen LogP contribution in [0.4, 0.5) is 0 Å². The van der Waals surface area contributed by atoms with E-state index in [4.69, 9.17) is 22.7 Å². The maximum absolute atomic E-state index is 9.93. The lowest BCUT2D eigenvalue weighted by Crippen LogP contribution is -2.33. The molecule has 1 aromatic carbocycles. The maximum atomic E-state index is 9.93. The third-order valence-corrected chi connectivity index (χ3v) is 3.46. The van der Waals surface area contributed by atoms with Crippen molar-refractivity contribution in [1.82, 2.24) is 4.90 Å². The summed E-state index contributed by atoms with van der Waals surface area (Å²) < 4.78 is 5.58. The van der Waals surface area contributed by atoms with Gasteiger partial charge in [0.1, 0.15) is 23.4 Å². The van der Waals surface area contributed by atoms with Gasteiger partial charge in [-0.05, 0) is 38.1 Å². The first-order chi connectivity index (χ1) is 9.15. The molecule has 5 heteroatoms. The van der Waals surface area contributed by atoms with Gasteiger partial charge >= 0.3 is 0 Å². The number of β-amino-alcohol motifs (C(OH)–C–C–N with tert-alkyl or cyclic N) is 1. The van der Waals surface area contributed by atoms with Crippen LogP contribution < -0.4 is 10.5 Å². The Labute approximate surface area is 119 Å². The molecule has 0 bridgehead atoms. The van der Waals surface area contributed by atoms with Crippen LogP contribution in [-0.4, -0.2) is 47.3 Å². The number of aliphatic hydroxyl groups is 1. The fourth-order valence-corrected chi connectivity index (χ4v) is 2.37. The van der Waals surface area contributed by atoms with E-state index in [2.05, 4.69) is 4.90 Å². The molecule has 0 aromatic heterocycles. The number of aliphatic hydroxyl groups excluding tert-OH is 1. The summed E-state index contributed by atoms with van der Waals surface area (Å²) in [5.41, 5.74) is 6.35. The zero-order chi connectivity index (χ0) is 13.7. The molecule has 1 heterocycles. The van der Waals surface area contributed by atoms with Gasteiger partial charge in [0.25, 0.3) is 0 Å². The van der Waals surface area contributed by atoms with Crippen molar-refractivity contribution in [2.24, 2.45) is 5.73 Å². The first kappa shape index (κ1) is 14.2. The molecule has 0 spiro atoms. The minimum atomic E-state index is -0.466. The fraction of sp³-hybridized carbons (Fsp3) is 0.500. The molecule has 0 amide bonds. The van der Waals surface area contributed by atoms with E-state index in [1.165, 1.54) is 12.8 Å². The quantitative estimate of drug-likeness (QED) is 0.766. The Morgan fingerprint density at radius 2 is 2.16 bits per heavy atom. The molecule has 19 heavy (non-hydrogen) atoms. The van der Waals surface area contributed by atoms with E-state index in [9.17, 15) is 5.11 Å². The van der Waals surface area contributed by atoms with Gasteiger partial charge in [-0.2, -0.15) is 0 Å². The summed E-state index contributed by atoms with van der Waals surface area (Å²) in [5, 5.41) is 9.93. The second-order valence-corrected chi connectivity index (χ2v) is 5.30. The minimum absolute atomic E-state index is 0.289. The monoisotopic (exact) mass is 280 g/mol. The number of ether oxygens (including phenoxy) is 1. The van der Waals surface area contributed by atoms with Crippen LogP contribution in [0.2, 0.25) is 0 Å². The van der Waals surface area contributed by atoms with Crippen LogP contribution in [0.5, 0.6) is 5.75 Å². The summed E-state index contributed by atoms with van der Waals surface area (Å²) in [6.07, 6.45) is 1.99. The molecule has 0 saturated carbocycles. The Kier molecular flexibility index (Phi) is 5.13. The maximum Gasteiger partial charge on any atom is 0.120 e. The van der Waals surface area contributed by atoms with Gasteiger partial charge in [-0.3, -0.25) is 0 Å². The van der Waals surface area contributed by atoms with Gasteiger partial charge in [0, 0.05) is 12.1 Å². The standard InChI is InChI=1S/C14H20N2O2S/c15-14(19)11-4-3-5-13(8-11)18-10-12(17)9-16-6-1-2-7-16/h3-5,8,12,17H,1-2,6-7,9-10H2,(H2,15,19). The highest BCUT2D eigenvalue weighted by molar-refractivity contribution is 7.80. The molecule has 1 unspecified atom stereocenters. The van der Waals surface area contributed by atoms with Crippen LogP contribution in [0.1, 0.15) is 18.4 Å². The highest BCUT2D eigenvalue weighted by Crippen LogP contribution is 2.14. The third-order valence-electron chi connectivity index (χ3n) is 3.23. The topological polar surface area (TPSA) is 58.7 Å². The number of likely N-dealkylation sites (tertiary alicyclic amines) is 1. The minimum Gasteiger partial charge on any atom is -0.491 e. The van der Waals surface area contributed by atoms with Crippen molar-refractivity contribution in [3.8, 4) is 5.75 Å². The van der Waals surface area contributed by atoms with Gasteiger partial charge in [0.15, 0.2) is 0 Å². The van der Waals surface area contributed by atoms with Crippen molar-refractivity contribution in [2.45, 2.75) is 18.9 Å². The summed E-state index contributed by atoms with van der Waals surface area (Å²) in [5.74, 6) is 0.686. The van der Waals surface area contributed by atoms with Crippen molar-refractivity contribution in [3.05, 3.63) is 29.8 Å². The number of rotatable bonds is 6. The Bertz CT molecular complexity index is 433. The van der Waals surface area contributed by atoms with E-state index >= 15 is 0 Å². The average Bonchev–Trinajstić information content (AvgIpc) is 2.89. The van der Waals surface area contributed by atoms with Crippen molar-refractivity contribution >= 4 is 17.2 Å². The first-order valence-electron chi connectivity index (χ1n) is 6.58. The lowest BCUT2D eigenvalue weighted by molar-refractivity contribution is 0.0758. The van der Waals surface area contributed by atoms with Gasteiger partial charge in [0.05, 0.1) is 0 Å². The Balaban J connectivity index is 1.80. The SMILES string of the molecule is NC(=S)c1cccc(OCC(O)CN2CCCC2)c1. The summed E-state index contributed by atoms with van der Waals surface area (Å²) >= 11 is 4.92. The van der Waals surface area contributed by atoms with Crippen molar-refractivity contribution in [3.63, 3.8) is 0 Å². The number of thiocarbonyl (C=S) groups is 1. The highest BCUT2D eigenvalue weighted by atomic mass is 32.1. The van der Waals surface area contributed by atoms with E-state index in [-0.39, 0.29) is 6.61 Å². The molecule has 1 atom stereocenters. The van der Waals surface area contributed by atoms with E-state index in [1.807, 2.05) is 18.2 Å². The number of nitrogens with two attached hydrogens (primary N) is 1. The molecule has 1 saturated heterocycles. The number of hydrogen-bond donors (Lipinski definition) is 2. The van der Waals surface area contributed by atoms with Gasteiger partial charge in [0.2, 0.25) is 0 Å². The molecule has 1 aliphatic heterocycles. The fourth-order valence-electron chi connectivity index (χ4n) is 2.25. The van der Waals surface area contributed by atoms with Crippen molar-refractivity contribution in [2.75, 3.05) is 26.2 Å². The van der Waals surface area contributed by atoms with Gasteiger partial charge in [-0.25, -0.2) is 0 Å². The molecule has 104 valence electrons. The molecule has 0 aliphatic carbocycles. The number of hydrogen-bond acceptors (Lipinski definition) is 4. The lowest BCUT2D eigenvalue weighted by Gasteiger charge is -2.19. The smallest absolute Gasteiger partial charge is 0.120 e. The molecular weight excluding hydrogens is 260 g/mol. The van der Waals surface area contributed by atoms with Crippen molar-refractivity contribution in [1.29, 1.82) is 0 Å². The van der Waals surface area contributed by atoms with Crippen LogP contribution in [0.25, 0.3) is 0 Å². The second-order valence-electron chi connectivity index (χ2n) is 4.86. The molecule has 1 fully saturated rings. The Hall–Kier alpha value is -1.17. The van der Waals surface area contributed by atoms with Crippen LogP contribution in [0, 0.1) is 0 Å². The third kappa shape index (κ3) is 4.45. The Morgan fingerprint density at radius 1 is 1.42 bits per heavy atom. The van der Waals surface area contributed by atoms with Crippen LogP contribution in [-0.2, 0) is 0 Å². The molecule has 1 aliphatic rings. The Morgan fingerprint density at radius 3 is 2.84 bits per heavy atom. The van der Waals surface area contributed by atoms with Gasteiger partial charge in [-0.1, -0.05) is 24.4 Å². The van der Waals surface area contributed by atoms with E-state index in [0.717, 1.165) is 18.7 Å². The summed E-state index contributed by atoms with van der Waals surface area (Å²) in [6, 6.07) is 7.32. The summed E-state index contributed by atoms with van der Waals surface area (Å²) in [6.45, 7) is 3.12. The predicted molar refractivity (Wildman–Crippen MR) is 79.5 cm³/mol. The molecule has 1 aromatic rings. The predicted octanol–water partition coefficient (Wildman–Crippen LogP) is 1.16. The summed E-state index contributed by atoms with van der Waals surface area (Å²) in [7, 11) is 0. The number of benzene rings is 1. The largest absolute Gasteiger partial charge is 0.491 e. The zero-order valence-electron chi connectivity index (χ0n) is 10.9. The van der Waals surface area contributed by atoms with Crippen LogP contribution in [0.3, 0.4) is 0 Å². The summed E-state index contributed by atoms with van der Waals surface area (Å²) in [4.78, 5) is 2.61. The highest BCUT2D eigenvalue weighted by Gasteiger charge is 2.16. The van der Waals surface area contributed by atoms with E-state index in [1.54, 1.807) is 6.07 Å². The molecule has 4 nitrogen and oxygen atoms in total. The van der Waals surface area contributed by atoms with E-state index in [0.29, 0.717) is 17.3 Å². The number of nitrogens with zero attached hydrogens (tertiary/aromatic N) is 1. The zero-order valence-corrected chi connectivity index (χ0v) is 11.7. The van der Waals surface area contributed by atoms with Gasteiger partial charge < -0.3 is 20.5 Å². The molecule has 0 radical (unpaired) electrons. The van der Waals surface area contributed by atoms with Crippen LogP contribution in [0.15, 0.2) is 24.3 Å². The lowest BCUT2D eigenvalue weighted by atomic mass is 10.2. The molecule has 3 N–H and O–H groups in total.